The van der Waals surface area contributed by atoms with Crippen LogP contribution >= 0.6 is 15.9 Å². The Morgan fingerprint density at radius 1 is 1.11 bits per heavy atom. The maximum absolute atomic E-state index is 12.6. The molecule has 0 saturated heterocycles. The topological polar surface area (TPSA) is 37.8 Å². The highest BCUT2D eigenvalue weighted by Crippen LogP contribution is 2.33. The first kappa shape index (κ1) is 13.8. The second-order valence-electron chi connectivity index (χ2n) is 3.74. The van der Waals surface area contributed by atoms with Gasteiger partial charge in [0.1, 0.15) is 5.82 Å². The monoisotopic (exact) mass is 331 g/mol. The van der Waals surface area contributed by atoms with Crippen molar-refractivity contribution < 1.29 is 13.2 Å². The van der Waals surface area contributed by atoms with E-state index < -0.39 is 11.7 Å². The number of aromatic nitrogens is 2. The zero-order valence-electron chi connectivity index (χ0n) is 9.58. The van der Waals surface area contributed by atoms with Crippen molar-refractivity contribution in [2.45, 2.75) is 12.7 Å². The first-order chi connectivity index (χ1) is 8.95. The van der Waals surface area contributed by atoms with Crippen LogP contribution in [-0.2, 0) is 12.7 Å². The van der Waals surface area contributed by atoms with Crippen LogP contribution in [0.15, 0.2) is 41.1 Å². The minimum atomic E-state index is -4.37. The lowest BCUT2D eigenvalue weighted by Crippen LogP contribution is -2.08. The molecule has 1 aromatic carbocycles. The molecule has 0 amide bonds. The van der Waals surface area contributed by atoms with Crippen molar-refractivity contribution in [1.29, 1.82) is 0 Å². The molecule has 0 aliphatic heterocycles. The molecule has 0 fully saturated rings. The molecule has 1 aromatic heterocycles. The predicted molar refractivity (Wildman–Crippen MR) is 68.5 cm³/mol. The second kappa shape index (κ2) is 5.56. The molecule has 100 valence electrons. The Bertz CT molecular complexity index is 558. The molecule has 0 spiro atoms. The van der Waals surface area contributed by atoms with Gasteiger partial charge in [0.15, 0.2) is 0 Å². The van der Waals surface area contributed by atoms with Gasteiger partial charge >= 0.3 is 6.18 Å². The summed E-state index contributed by atoms with van der Waals surface area (Å²) in [5.41, 5.74) is -0.354. The van der Waals surface area contributed by atoms with Crippen molar-refractivity contribution in [2.24, 2.45) is 0 Å². The average molecular weight is 332 g/mol. The molecular weight excluding hydrogens is 323 g/mol. The highest BCUT2D eigenvalue weighted by Gasteiger charge is 2.31. The maximum atomic E-state index is 12.6. The Kier molecular flexibility index (Phi) is 4.04. The Hall–Kier alpha value is -1.63. The molecule has 1 heterocycles. The summed E-state index contributed by atoms with van der Waals surface area (Å²) in [6.45, 7) is 0.259. The molecule has 19 heavy (non-hydrogen) atoms. The molecule has 0 radical (unpaired) electrons. The molecule has 0 aliphatic rings. The molecule has 2 aromatic rings. The highest BCUT2D eigenvalue weighted by atomic mass is 79.9. The van der Waals surface area contributed by atoms with E-state index in [-0.39, 0.29) is 6.54 Å². The smallest absolute Gasteiger partial charge is 0.378 e. The lowest BCUT2D eigenvalue weighted by atomic mass is 10.2. The molecule has 0 aliphatic carbocycles. The number of alkyl halides is 3. The zero-order chi connectivity index (χ0) is 13.9. The Balaban J connectivity index is 2.15. The normalized spacial score (nSPS) is 11.4. The van der Waals surface area contributed by atoms with Crippen LogP contribution in [0.5, 0.6) is 0 Å². The Morgan fingerprint density at radius 3 is 2.42 bits per heavy atom. The Morgan fingerprint density at radius 2 is 1.79 bits per heavy atom. The van der Waals surface area contributed by atoms with Gasteiger partial charge in [0.25, 0.3) is 0 Å². The van der Waals surface area contributed by atoms with Gasteiger partial charge in [-0.3, -0.25) is 0 Å². The minimum Gasteiger partial charge on any atom is -0.378 e. The quantitative estimate of drug-likeness (QED) is 0.927. The zero-order valence-corrected chi connectivity index (χ0v) is 11.2. The number of hydrogen-bond acceptors (Lipinski definition) is 3. The van der Waals surface area contributed by atoms with Crippen LogP contribution in [-0.4, -0.2) is 9.97 Å². The van der Waals surface area contributed by atoms with Crippen molar-refractivity contribution >= 4 is 21.6 Å². The molecular formula is C12H9BrF3N3. The third-order valence-corrected chi connectivity index (χ3v) is 2.75. The van der Waals surface area contributed by atoms with Crippen molar-refractivity contribution in [3.8, 4) is 0 Å². The van der Waals surface area contributed by atoms with Gasteiger partial charge in [-0.2, -0.15) is 13.2 Å². The van der Waals surface area contributed by atoms with Crippen LogP contribution in [0.4, 0.5) is 18.9 Å². The van der Waals surface area contributed by atoms with E-state index in [0.29, 0.717) is 16.0 Å². The van der Waals surface area contributed by atoms with E-state index in [1.165, 1.54) is 0 Å². The van der Waals surface area contributed by atoms with E-state index in [2.05, 4.69) is 31.2 Å². The maximum Gasteiger partial charge on any atom is 0.416 e. The first-order valence-electron chi connectivity index (χ1n) is 5.33. The van der Waals surface area contributed by atoms with Gasteiger partial charge in [0, 0.05) is 22.6 Å². The molecule has 0 atom stereocenters. The molecule has 1 N–H and O–H groups in total. The second-order valence-corrected chi connectivity index (χ2v) is 4.66. The number of anilines is 1. The highest BCUT2D eigenvalue weighted by molar-refractivity contribution is 9.10. The number of hydrogen-bond donors (Lipinski definition) is 1. The number of halogens is 4. The van der Waals surface area contributed by atoms with Crippen LogP contribution in [0.25, 0.3) is 0 Å². The lowest BCUT2D eigenvalue weighted by Gasteiger charge is -2.11. The van der Waals surface area contributed by atoms with Gasteiger partial charge in [-0.1, -0.05) is 15.9 Å². The molecule has 2 rings (SSSR count). The summed E-state index contributed by atoms with van der Waals surface area (Å²) in [7, 11) is 0. The van der Waals surface area contributed by atoms with Gasteiger partial charge in [-0.25, -0.2) is 9.97 Å². The lowest BCUT2D eigenvalue weighted by molar-refractivity contribution is -0.137. The van der Waals surface area contributed by atoms with Crippen LogP contribution < -0.4 is 5.32 Å². The Labute approximate surface area is 116 Å². The van der Waals surface area contributed by atoms with Crippen LogP contribution in [0.2, 0.25) is 0 Å². The molecule has 7 heteroatoms. The van der Waals surface area contributed by atoms with Crippen LogP contribution in [0.3, 0.4) is 0 Å². The fraction of sp³-hybridized carbons (Fsp3) is 0.167. The van der Waals surface area contributed by atoms with Crippen molar-refractivity contribution in [3.05, 3.63) is 52.5 Å². The van der Waals surface area contributed by atoms with E-state index in [1.54, 1.807) is 24.5 Å². The standard InChI is InChI=1S/C12H9BrF3N3/c13-9-4-8(12(14,15)16)5-10(6-9)19-7-11-17-2-1-3-18-11/h1-6,19H,7H2. The van der Waals surface area contributed by atoms with E-state index in [1.807, 2.05) is 0 Å². The molecule has 0 unspecified atom stereocenters. The van der Waals surface area contributed by atoms with Crippen LogP contribution in [0.1, 0.15) is 11.4 Å². The summed E-state index contributed by atoms with van der Waals surface area (Å²) in [6.07, 6.45) is -1.22. The summed E-state index contributed by atoms with van der Waals surface area (Å²) < 4.78 is 38.3. The third kappa shape index (κ3) is 3.92. The summed E-state index contributed by atoms with van der Waals surface area (Å²) >= 11 is 3.06. The fourth-order valence-corrected chi connectivity index (χ4v) is 1.95. The van der Waals surface area contributed by atoms with E-state index in [9.17, 15) is 13.2 Å². The summed E-state index contributed by atoms with van der Waals surface area (Å²) in [4.78, 5) is 7.96. The SMILES string of the molecule is FC(F)(F)c1cc(Br)cc(NCc2ncccn2)c1. The number of rotatable bonds is 3. The van der Waals surface area contributed by atoms with Crippen molar-refractivity contribution in [3.63, 3.8) is 0 Å². The van der Waals surface area contributed by atoms with Gasteiger partial charge in [-0.05, 0) is 24.3 Å². The molecule has 0 bridgehead atoms. The fourth-order valence-electron chi connectivity index (χ4n) is 1.46. The van der Waals surface area contributed by atoms with Crippen molar-refractivity contribution in [1.82, 2.24) is 9.97 Å². The number of nitrogens with one attached hydrogen (secondary N) is 1. The van der Waals surface area contributed by atoms with E-state index in [4.69, 9.17) is 0 Å². The minimum absolute atomic E-state index is 0.259. The molecule has 3 nitrogen and oxygen atoms in total. The van der Waals surface area contributed by atoms with Gasteiger partial charge < -0.3 is 5.32 Å². The summed E-state index contributed by atoms with van der Waals surface area (Å²) in [6, 6.07) is 5.32. The van der Waals surface area contributed by atoms with Gasteiger partial charge in [-0.15, -0.1) is 0 Å². The number of nitrogens with zero attached hydrogens (tertiary/aromatic N) is 2. The summed E-state index contributed by atoms with van der Waals surface area (Å²) in [5, 5.41) is 2.86. The first-order valence-corrected chi connectivity index (χ1v) is 6.12. The van der Waals surface area contributed by atoms with Gasteiger partial charge in [0.05, 0.1) is 12.1 Å². The largest absolute Gasteiger partial charge is 0.416 e. The van der Waals surface area contributed by atoms with Gasteiger partial charge in [0.2, 0.25) is 0 Å². The third-order valence-electron chi connectivity index (χ3n) is 2.29. The number of benzene rings is 1. The van der Waals surface area contributed by atoms with E-state index >= 15 is 0 Å². The predicted octanol–water partition coefficient (Wildman–Crippen LogP) is 3.87. The van der Waals surface area contributed by atoms with Crippen molar-refractivity contribution in [2.75, 3.05) is 5.32 Å². The van der Waals surface area contributed by atoms with Crippen LogP contribution in [0, 0.1) is 0 Å². The summed E-state index contributed by atoms with van der Waals surface area (Å²) in [5.74, 6) is 0.510. The average Bonchev–Trinajstić information content (AvgIpc) is 2.36. The molecule has 0 saturated carbocycles. The van der Waals surface area contributed by atoms with E-state index in [0.717, 1.165) is 12.1 Å².